The number of hydrogen-bond donors (Lipinski definition) is 0. The Hall–Kier alpha value is -2.75. The largest absolute Gasteiger partial charge is 0.269 e. The zero-order valence-corrected chi connectivity index (χ0v) is 10.5. The molecule has 0 unspecified atom stereocenters. The highest BCUT2D eigenvalue weighted by molar-refractivity contribution is 6.34. The zero-order valence-electron chi connectivity index (χ0n) is 10.5. The minimum Gasteiger partial charge on any atom is -0.268 e. The van der Waals surface area contributed by atoms with Crippen molar-refractivity contribution < 1.29 is 14.0 Å². The second-order valence-corrected chi connectivity index (χ2v) is 4.40. The number of imide groups is 1. The van der Waals surface area contributed by atoms with E-state index in [-0.39, 0.29) is 11.1 Å². The highest BCUT2D eigenvalue weighted by atomic mass is 19.1. The topological polar surface area (TPSA) is 37.4 Å². The Labute approximate surface area is 115 Å². The van der Waals surface area contributed by atoms with Gasteiger partial charge < -0.3 is 0 Å². The summed E-state index contributed by atoms with van der Waals surface area (Å²) < 4.78 is 13.7. The number of fused-ring (bicyclic) bond motifs is 1. The summed E-state index contributed by atoms with van der Waals surface area (Å²) in [6.45, 7) is 3.63. The summed E-state index contributed by atoms with van der Waals surface area (Å²) in [7, 11) is 0. The van der Waals surface area contributed by atoms with Crippen LogP contribution in [0.5, 0.6) is 0 Å². The number of amides is 2. The van der Waals surface area contributed by atoms with Gasteiger partial charge in [0.05, 0.1) is 16.8 Å². The molecule has 0 fully saturated rings. The van der Waals surface area contributed by atoms with Crippen LogP contribution in [-0.4, -0.2) is 11.8 Å². The Balaban J connectivity index is 2.09. The van der Waals surface area contributed by atoms with Gasteiger partial charge in [0.2, 0.25) is 0 Å². The van der Waals surface area contributed by atoms with Gasteiger partial charge in [-0.15, -0.1) is 0 Å². The van der Waals surface area contributed by atoms with Crippen LogP contribution in [0.3, 0.4) is 0 Å². The second-order valence-electron chi connectivity index (χ2n) is 4.40. The third-order valence-electron chi connectivity index (χ3n) is 3.25. The lowest BCUT2D eigenvalue weighted by Crippen LogP contribution is -2.29. The molecule has 2 amide bonds. The van der Waals surface area contributed by atoms with Gasteiger partial charge in [-0.3, -0.25) is 9.59 Å². The number of hydrogen-bond acceptors (Lipinski definition) is 2. The molecule has 0 spiro atoms. The van der Waals surface area contributed by atoms with Gasteiger partial charge in [0.15, 0.2) is 0 Å². The van der Waals surface area contributed by atoms with Crippen LogP contribution < -0.4 is 4.90 Å². The smallest absolute Gasteiger partial charge is 0.268 e. The van der Waals surface area contributed by atoms with Gasteiger partial charge in [-0.1, -0.05) is 30.9 Å². The van der Waals surface area contributed by atoms with Gasteiger partial charge in [-0.25, -0.2) is 9.29 Å². The van der Waals surface area contributed by atoms with Crippen molar-refractivity contribution in [3.8, 4) is 0 Å². The fourth-order valence-electron chi connectivity index (χ4n) is 2.24. The first-order chi connectivity index (χ1) is 9.63. The maximum Gasteiger partial charge on any atom is 0.269 e. The van der Waals surface area contributed by atoms with Crippen molar-refractivity contribution in [1.82, 2.24) is 0 Å². The summed E-state index contributed by atoms with van der Waals surface area (Å²) >= 11 is 0. The average Bonchev–Trinajstić information content (AvgIpc) is 2.72. The molecule has 3 rings (SSSR count). The minimum absolute atomic E-state index is 0.0998. The van der Waals surface area contributed by atoms with Crippen LogP contribution in [0.1, 0.15) is 26.3 Å². The molecule has 0 atom stereocenters. The van der Waals surface area contributed by atoms with E-state index in [1.54, 1.807) is 30.3 Å². The molecule has 2 aromatic rings. The monoisotopic (exact) mass is 267 g/mol. The van der Waals surface area contributed by atoms with Crippen LogP contribution in [0.4, 0.5) is 10.1 Å². The van der Waals surface area contributed by atoms with E-state index in [0.29, 0.717) is 5.69 Å². The molecular weight excluding hydrogens is 257 g/mol. The summed E-state index contributed by atoms with van der Waals surface area (Å²) in [5.74, 6) is -1.81. The van der Waals surface area contributed by atoms with Crippen LogP contribution in [0.25, 0.3) is 6.08 Å². The van der Waals surface area contributed by atoms with Crippen molar-refractivity contribution in [1.29, 1.82) is 0 Å². The predicted octanol–water partition coefficient (Wildman–Crippen LogP) is 3.27. The Morgan fingerprint density at radius 2 is 1.70 bits per heavy atom. The molecule has 0 bridgehead atoms. The van der Waals surface area contributed by atoms with Gasteiger partial charge in [0, 0.05) is 0 Å². The van der Waals surface area contributed by atoms with E-state index in [0.717, 1.165) is 10.5 Å². The van der Waals surface area contributed by atoms with E-state index >= 15 is 0 Å². The SMILES string of the molecule is C=Cc1ccc(N2C(=O)c3cccc(F)c3C2=O)cc1. The third kappa shape index (κ3) is 1.66. The van der Waals surface area contributed by atoms with E-state index in [1.807, 2.05) is 0 Å². The van der Waals surface area contributed by atoms with Gasteiger partial charge >= 0.3 is 0 Å². The van der Waals surface area contributed by atoms with Crippen LogP contribution in [0, 0.1) is 5.82 Å². The fourth-order valence-corrected chi connectivity index (χ4v) is 2.24. The Morgan fingerprint density at radius 3 is 2.30 bits per heavy atom. The summed E-state index contributed by atoms with van der Waals surface area (Å²) in [6.07, 6.45) is 1.66. The molecule has 0 radical (unpaired) electrons. The molecule has 20 heavy (non-hydrogen) atoms. The molecule has 1 heterocycles. The molecule has 98 valence electrons. The third-order valence-corrected chi connectivity index (χ3v) is 3.25. The number of anilines is 1. The first kappa shape index (κ1) is 12.3. The maximum atomic E-state index is 13.7. The van der Waals surface area contributed by atoms with Crippen molar-refractivity contribution >= 4 is 23.6 Å². The standard InChI is InChI=1S/C16H10FNO2/c1-2-10-6-8-11(9-7-10)18-15(19)12-4-3-5-13(17)14(12)16(18)20/h2-9H,1H2. The lowest BCUT2D eigenvalue weighted by atomic mass is 10.1. The summed E-state index contributed by atoms with van der Waals surface area (Å²) in [4.78, 5) is 25.4. The summed E-state index contributed by atoms with van der Waals surface area (Å²) in [5, 5.41) is 0. The number of rotatable bonds is 2. The molecular formula is C16H10FNO2. The first-order valence-electron chi connectivity index (χ1n) is 6.03. The normalized spacial score (nSPS) is 13.6. The van der Waals surface area contributed by atoms with Crippen LogP contribution in [-0.2, 0) is 0 Å². The highest BCUT2D eigenvalue weighted by Gasteiger charge is 2.38. The first-order valence-corrected chi connectivity index (χ1v) is 6.03. The van der Waals surface area contributed by atoms with Gasteiger partial charge in [-0.05, 0) is 29.8 Å². The molecule has 0 N–H and O–H groups in total. The van der Waals surface area contributed by atoms with Crippen LogP contribution in [0.2, 0.25) is 0 Å². The number of nitrogens with zero attached hydrogens (tertiary/aromatic N) is 1. The van der Waals surface area contributed by atoms with Crippen molar-refractivity contribution in [3.63, 3.8) is 0 Å². The zero-order chi connectivity index (χ0) is 14.3. The Morgan fingerprint density at radius 1 is 1.00 bits per heavy atom. The fraction of sp³-hybridized carbons (Fsp3) is 0. The predicted molar refractivity (Wildman–Crippen MR) is 74.1 cm³/mol. The van der Waals surface area contributed by atoms with E-state index in [2.05, 4.69) is 6.58 Å². The summed E-state index contributed by atoms with van der Waals surface area (Å²) in [6, 6.07) is 10.8. The molecule has 4 heteroatoms. The van der Waals surface area contributed by atoms with Crippen molar-refractivity contribution in [2.24, 2.45) is 0 Å². The number of halogens is 1. The molecule has 0 aromatic heterocycles. The Bertz CT molecular complexity index is 735. The van der Waals surface area contributed by atoms with Crippen molar-refractivity contribution in [2.75, 3.05) is 4.90 Å². The average molecular weight is 267 g/mol. The molecule has 1 aliphatic rings. The molecule has 0 saturated heterocycles. The lowest BCUT2D eigenvalue weighted by molar-refractivity contribution is 0.0925. The van der Waals surface area contributed by atoms with Crippen LogP contribution >= 0.6 is 0 Å². The molecule has 2 aromatic carbocycles. The Kier molecular flexibility index (Phi) is 2.71. The molecule has 1 aliphatic heterocycles. The molecule has 0 aliphatic carbocycles. The van der Waals surface area contributed by atoms with Gasteiger partial charge in [0.1, 0.15) is 5.82 Å². The molecule has 0 saturated carbocycles. The van der Waals surface area contributed by atoms with E-state index in [1.165, 1.54) is 18.2 Å². The van der Waals surface area contributed by atoms with Crippen LogP contribution in [0.15, 0.2) is 49.0 Å². The number of benzene rings is 2. The maximum absolute atomic E-state index is 13.7. The quantitative estimate of drug-likeness (QED) is 0.783. The number of carbonyl (C=O) groups excluding carboxylic acids is 2. The van der Waals surface area contributed by atoms with Gasteiger partial charge in [-0.2, -0.15) is 0 Å². The van der Waals surface area contributed by atoms with Crippen molar-refractivity contribution in [2.45, 2.75) is 0 Å². The van der Waals surface area contributed by atoms with E-state index in [9.17, 15) is 14.0 Å². The van der Waals surface area contributed by atoms with Crippen molar-refractivity contribution in [3.05, 3.63) is 71.6 Å². The minimum atomic E-state index is -0.675. The highest BCUT2D eigenvalue weighted by Crippen LogP contribution is 2.30. The second kappa shape index (κ2) is 4.42. The van der Waals surface area contributed by atoms with E-state index < -0.39 is 17.6 Å². The summed E-state index contributed by atoms with van der Waals surface area (Å²) in [5.41, 5.74) is 1.23. The number of carbonyl (C=O) groups is 2. The lowest BCUT2D eigenvalue weighted by Gasteiger charge is -2.13. The van der Waals surface area contributed by atoms with Gasteiger partial charge in [0.25, 0.3) is 11.8 Å². The molecule has 3 nitrogen and oxygen atoms in total. The van der Waals surface area contributed by atoms with E-state index in [4.69, 9.17) is 0 Å².